The van der Waals surface area contributed by atoms with E-state index in [-0.39, 0.29) is 34.6 Å². The number of morpholine rings is 1. The minimum atomic E-state index is -0.996. The highest BCUT2D eigenvalue weighted by Crippen LogP contribution is 2.28. The van der Waals surface area contributed by atoms with Crippen molar-refractivity contribution in [1.29, 1.82) is 0 Å². The average Bonchev–Trinajstić information content (AvgIpc) is 3.15. The summed E-state index contributed by atoms with van der Waals surface area (Å²) in [5.74, 6) is -0.926. The molecule has 0 aliphatic carbocycles. The van der Waals surface area contributed by atoms with E-state index < -0.39 is 11.9 Å². The van der Waals surface area contributed by atoms with E-state index in [9.17, 15) is 14.7 Å². The molecule has 6 N–H and O–H groups in total. The summed E-state index contributed by atoms with van der Waals surface area (Å²) < 4.78 is 9.48. The largest absolute Gasteiger partial charge is 0.478 e. The molecule has 1 amide bonds. The molecule has 1 aliphatic rings. The van der Waals surface area contributed by atoms with Gasteiger partial charge in [0, 0.05) is 25.2 Å². The number of carbonyl (C=O) groups is 2. The van der Waals surface area contributed by atoms with E-state index >= 15 is 0 Å². The first-order chi connectivity index (χ1) is 16.8. The van der Waals surface area contributed by atoms with Crippen LogP contribution >= 0.6 is 11.6 Å². The first-order valence-electron chi connectivity index (χ1n) is 11.3. The first kappa shape index (κ1) is 24.5. The lowest BCUT2D eigenvalue weighted by Gasteiger charge is -2.29. The van der Waals surface area contributed by atoms with Gasteiger partial charge in [0.05, 0.1) is 37.6 Å². The number of aromatic carboxylic acids is 1. The van der Waals surface area contributed by atoms with Gasteiger partial charge in [-0.05, 0) is 13.8 Å². The molecular weight excluding hydrogens is 476 g/mol. The lowest BCUT2D eigenvalue weighted by Crippen LogP contribution is -2.40. The van der Waals surface area contributed by atoms with Crippen LogP contribution in [0.5, 0.6) is 0 Å². The number of benzene rings is 1. The van der Waals surface area contributed by atoms with Crippen molar-refractivity contribution in [2.75, 3.05) is 42.7 Å². The Morgan fingerprint density at radius 2 is 1.91 bits per heavy atom. The predicted octanol–water partition coefficient (Wildman–Crippen LogP) is 1.04. The van der Waals surface area contributed by atoms with Gasteiger partial charge in [0.25, 0.3) is 11.7 Å². The van der Waals surface area contributed by atoms with Crippen molar-refractivity contribution in [3.63, 3.8) is 0 Å². The van der Waals surface area contributed by atoms with Gasteiger partial charge in [-0.1, -0.05) is 11.6 Å². The van der Waals surface area contributed by atoms with Crippen LogP contribution in [0.4, 0.5) is 17.3 Å². The second-order valence-electron chi connectivity index (χ2n) is 7.98. The van der Waals surface area contributed by atoms with Gasteiger partial charge in [0.2, 0.25) is 0 Å². The number of aromatic nitrogens is 4. The minimum Gasteiger partial charge on any atom is -0.478 e. The number of hydrogen-bond donors (Lipinski definition) is 4. The molecule has 0 bridgehead atoms. The number of hydrogen-bond acceptors (Lipinski definition) is 8. The molecule has 0 spiro atoms. The molecule has 4 rings (SSSR count). The zero-order valence-electron chi connectivity index (χ0n) is 19.5. The third-order valence-electron chi connectivity index (χ3n) is 6.04. The number of aryl methyl sites for hydroxylation is 2. The normalized spacial score (nSPS) is 13.9. The number of nitrogens with zero attached hydrogens (tertiary/aromatic N) is 5. The molecule has 186 valence electrons. The molecule has 0 saturated carbocycles. The molecule has 3 aromatic rings. The lowest BCUT2D eigenvalue weighted by atomic mass is 10.1. The number of imidazole rings is 1. The van der Waals surface area contributed by atoms with Gasteiger partial charge in [0.15, 0.2) is 33.5 Å². The van der Waals surface area contributed by atoms with Crippen molar-refractivity contribution < 1.29 is 24.0 Å². The number of anilines is 3. The molecular formula is C22H28ClN8O4+. The number of amides is 1. The van der Waals surface area contributed by atoms with E-state index in [1.165, 1.54) is 0 Å². The van der Waals surface area contributed by atoms with Gasteiger partial charge in [-0.15, -0.1) is 0 Å². The molecule has 12 nitrogen and oxygen atoms in total. The number of rotatable bonds is 7. The number of fused-ring (bicyclic) bond motifs is 1. The Morgan fingerprint density at radius 1 is 1.20 bits per heavy atom. The van der Waals surface area contributed by atoms with Crippen LogP contribution in [0.15, 0.2) is 12.1 Å². The van der Waals surface area contributed by atoms with Crippen molar-refractivity contribution >= 4 is 51.8 Å². The Balaban J connectivity index is 1.75. The van der Waals surface area contributed by atoms with Crippen LogP contribution < -0.4 is 26.3 Å². The number of nitrogen functional groups attached to an aromatic ring is 2. The highest BCUT2D eigenvalue weighted by atomic mass is 35.5. The summed E-state index contributed by atoms with van der Waals surface area (Å²) in [7, 11) is 0. The van der Waals surface area contributed by atoms with Gasteiger partial charge >= 0.3 is 5.97 Å². The Labute approximate surface area is 206 Å². The quantitative estimate of drug-likeness (QED) is 0.344. The molecule has 0 atom stereocenters. The fraction of sp³-hybridized carbons (Fsp3) is 0.409. The number of carboxylic acids is 1. The van der Waals surface area contributed by atoms with Crippen LogP contribution in [0.25, 0.3) is 11.0 Å². The second-order valence-corrected chi connectivity index (χ2v) is 8.34. The van der Waals surface area contributed by atoms with Crippen LogP contribution in [0.2, 0.25) is 5.15 Å². The first-order valence-corrected chi connectivity index (χ1v) is 11.7. The predicted molar refractivity (Wildman–Crippen MR) is 131 cm³/mol. The SMILES string of the molecule is CCn1c(CNC(=O)c2nc(Cl)c(N)nc2N)[n+](CC)c2cc(C(=O)O)c(N3CCOCC3)cc21. The van der Waals surface area contributed by atoms with Crippen LogP contribution in [0.3, 0.4) is 0 Å². The molecule has 1 aromatic carbocycles. The molecule has 0 radical (unpaired) electrons. The summed E-state index contributed by atoms with van der Waals surface area (Å²) in [5.41, 5.74) is 13.8. The summed E-state index contributed by atoms with van der Waals surface area (Å²) in [6, 6.07) is 3.61. The number of ether oxygens (including phenoxy) is 1. The fourth-order valence-corrected chi connectivity index (χ4v) is 4.53. The van der Waals surface area contributed by atoms with E-state index in [2.05, 4.69) is 19.9 Å². The molecule has 1 saturated heterocycles. The van der Waals surface area contributed by atoms with Crippen molar-refractivity contribution in [2.45, 2.75) is 33.5 Å². The summed E-state index contributed by atoms with van der Waals surface area (Å²) in [6.45, 7) is 7.59. The summed E-state index contributed by atoms with van der Waals surface area (Å²) in [4.78, 5) is 34.8. The third kappa shape index (κ3) is 4.54. The van der Waals surface area contributed by atoms with Crippen molar-refractivity contribution in [3.8, 4) is 0 Å². The Hall–Kier alpha value is -3.64. The number of nitrogens with two attached hydrogens (primary N) is 2. The molecule has 2 aromatic heterocycles. The van der Waals surface area contributed by atoms with E-state index in [0.717, 1.165) is 16.9 Å². The zero-order chi connectivity index (χ0) is 25.3. The minimum absolute atomic E-state index is 0.0547. The van der Waals surface area contributed by atoms with Crippen LogP contribution in [0.1, 0.15) is 40.5 Å². The maximum Gasteiger partial charge on any atom is 0.337 e. The summed E-state index contributed by atoms with van der Waals surface area (Å²) in [6.07, 6.45) is 0. The van der Waals surface area contributed by atoms with Crippen molar-refractivity contribution in [3.05, 3.63) is 34.4 Å². The van der Waals surface area contributed by atoms with Gasteiger partial charge in [-0.2, -0.15) is 0 Å². The van der Waals surface area contributed by atoms with Crippen molar-refractivity contribution in [2.24, 2.45) is 0 Å². The Kier molecular flexibility index (Phi) is 6.94. The topological polar surface area (TPSA) is 165 Å². The number of halogens is 1. The maximum absolute atomic E-state index is 12.8. The van der Waals surface area contributed by atoms with Crippen molar-refractivity contribution in [1.82, 2.24) is 19.9 Å². The van der Waals surface area contributed by atoms with Gasteiger partial charge in [0.1, 0.15) is 6.54 Å². The van der Waals surface area contributed by atoms with E-state index in [0.29, 0.717) is 45.1 Å². The smallest absolute Gasteiger partial charge is 0.337 e. The molecule has 1 fully saturated rings. The molecule has 0 unspecified atom stereocenters. The van der Waals surface area contributed by atoms with Gasteiger partial charge in [-0.25, -0.2) is 23.9 Å². The molecule has 35 heavy (non-hydrogen) atoms. The Morgan fingerprint density at radius 3 is 2.54 bits per heavy atom. The third-order valence-corrected chi connectivity index (χ3v) is 6.32. The highest BCUT2D eigenvalue weighted by molar-refractivity contribution is 6.31. The number of carboxylic acid groups (broad SMARTS) is 1. The molecule has 3 heterocycles. The van der Waals surface area contributed by atoms with E-state index in [4.69, 9.17) is 27.8 Å². The van der Waals surface area contributed by atoms with Crippen LogP contribution in [-0.2, 0) is 24.4 Å². The summed E-state index contributed by atoms with van der Waals surface area (Å²) in [5, 5.41) is 12.7. The van der Waals surface area contributed by atoms with Gasteiger partial charge in [-0.3, -0.25) is 4.79 Å². The number of nitrogens with one attached hydrogen (secondary N) is 1. The summed E-state index contributed by atoms with van der Waals surface area (Å²) >= 11 is 5.91. The zero-order valence-corrected chi connectivity index (χ0v) is 20.3. The fourth-order valence-electron chi connectivity index (χ4n) is 4.41. The molecule has 1 aliphatic heterocycles. The highest BCUT2D eigenvalue weighted by Gasteiger charge is 2.29. The average molecular weight is 504 g/mol. The second kappa shape index (κ2) is 9.92. The molecule has 13 heteroatoms. The standard InChI is InChI=1S/C22H27ClN8O4/c1-3-30-14-9-12(22(33)34)13(29-5-7-35-8-6-29)10-15(14)31(4-2)16(30)11-26-21(32)17-19(24)28-20(25)18(23)27-17/h9-10H,3-8,11H2,1-2H3,(H5-,24,25,26,28,32,33,34)/p+1. The van der Waals surface area contributed by atoms with E-state index in [1.807, 2.05) is 29.4 Å². The maximum atomic E-state index is 12.8. The lowest BCUT2D eigenvalue weighted by molar-refractivity contribution is -0.676. The van der Waals surface area contributed by atoms with Crippen LogP contribution in [-0.4, -0.2) is 57.8 Å². The monoisotopic (exact) mass is 503 g/mol. The Bertz CT molecular complexity index is 1300. The number of carbonyl (C=O) groups excluding carboxylic acids is 1. The van der Waals surface area contributed by atoms with Crippen LogP contribution in [0, 0.1) is 0 Å². The van der Waals surface area contributed by atoms with E-state index in [1.54, 1.807) is 6.07 Å². The van der Waals surface area contributed by atoms with Gasteiger partial charge < -0.3 is 31.5 Å².